The van der Waals surface area contributed by atoms with Gasteiger partial charge < -0.3 is 10.2 Å². The van der Waals surface area contributed by atoms with Gasteiger partial charge in [-0.1, -0.05) is 0 Å². The predicted octanol–water partition coefficient (Wildman–Crippen LogP) is 0.649. The van der Waals surface area contributed by atoms with Crippen molar-refractivity contribution in [2.75, 3.05) is 5.73 Å². The van der Waals surface area contributed by atoms with E-state index in [1.165, 1.54) is 34.1 Å². The van der Waals surface area contributed by atoms with Gasteiger partial charge in [-0.2, -0.15) is 0 Å². The third kappa shape index (κ3) is 2.63. The molecule has 2 heterocycles. The Balaban J connectivity index is 1.89. The van der Waals surface area contributed by atoms with Crippen LogP contribution in [-0.2, 0) is 23.6 Å². The van der Waals surface area contributed by atoms with Crippen LogP contribution in [0, 0.1) is 0 Å². The first-order chi connectivity index (χ1) is 10.4. The second-order valence-corrected chi connectivity index (χ2v) is 7.21. The molecule has 8 nitrogen and oxygen atoms in total. The molecule has 0 amide bonds. The van der Waals surface area contributed by atoms with Crippen molar-refractivity contribution in [2.45, 2.75) is 11.4 Å². The number of nitrogens with one attached hydrogen (secondary N) is 1. The van der Waals surface area contributed by atoms with Crippen molar-refractivity contribution in [3.05, 3.63) is 39.8 Å². The monoisotopic (exact) mass is 340 g/mol. The minimum absolute atomic E-state index is 0.0116. The number of oxazole rings is 1. The first kappa shape index (κ1) is 14.8. The van der Waals surface area contributed by atoms with E-state index < -0.39 is 15.8 Å². The number of sulfonamides is 1. The van der Waals surface area contributed by atoms with Crippen LogP contribution in [0.2, 0.25) is 0 Å². The predicted molar refractivity (Wildman–Crippen MR) is 82.0 cm³/mol. The molecule has 0 saturated heterocycles. The summed E-state index contributed by atoms with van der Waals surface area (Å²) in [6, 6.07) is 4.25. The second kappa shape index (κ2) is 5.23. The highest BCUT2D eigenvalue weighted by atomic mass is 32.2. The van der Waals surface area contributed by atoms with Gasteiger partial charge in [0.25, 0.3) is 0 Å². The van der Waals surface area contributed by atoms with Gasteiger partial charge in [0, 0.05) is 18.5 Å². The zero-order valence-electron chi connectivity index (χ0n) is 11.4. The minimum Gasteiger partial charge on any atom is -0.408 e. The number of thiazole rings is 1. The minimum atomic E-state index is -3.74. The van der Waals surface area contributed by atoms with Gasteiger partial charge in [0.05, 0.1) is 22.7 Å². The molecule has 0 aliphatic carbocycles. The van der Waals surface area contributed by atoms with E-state index in [2.05, 4.69) is 9.71 Å². The Kier molecular flexibility index (Phi) is 3.51. The van der Waals surface area contributed by atoms with Crippen molar-refractivity contribution in [3.63, 3.8) is 0 Å². The molecule has 0 radical (unpaired) electrons. The van der Waals surface area contributed by atoms with Crippen molar-refractivity contribution in [2.24, 2.45) is 7.05 Å². The number of aryl methyl sites for hydroxylation is 1. The van der Waals surface area contributed by atoms with E-state index >= 15 is 0 Å². The average Bonchev–Trinajstić information content (AvgIpc) is 3.01. The number of anilines is 1. The van der Waals surface area contributed by atoms with Crippen molar-refractivity contribution >= 4 is 37.6 Å². The lowest BCUT2D eigenvalue weighted by molar-refractivity contribution is 0.527. The average molecular weight is 340 g/mol. The smallest absolute Gasteiger partial charge is 0.408 e. The molecule has 0 aliphatic rings. The molecule has 3 N–H and O–H groups in total. The van der Waals surface area contributed by atoms with Crippen molar-refractivity contribution in [1.82, 2.24) is 14.3 Å². The summed E-state index contributed by atoms with van der Waals surface area (Å²) in [5, 5.41) is 2.05. The molecule has 3 rings (SSSR count). The second-order valence-electron chi connectivity index (χ2n) is 4.56. The number of hydrogen-bond acceptors (Lipinski definition) is 7. The standard InChI is InChI=1S/C12H12N4O4S2/c1-16-9-3-2-8(4-10(9)20-12(16)17)22(18,19)14-5-7-6-21-11(13)15-7/h2-4,6,14H,5H2,1H3,(H2,13,15). The van der Waals surface area contributed by atoms with E-state index in [0.29, 0.717) is 16.3 Å². The Hall–Kier alpha value is -2.17. The summed E-state index contributed by atoms with van der Waals surface area (Å²) in [5.41, 5.74) is 6.77. The number of rotatable bonds is 4. The topological polar surface area (TPSA) is 120 Å². The van der Waals surface area contributed by atoms with Crippen LogP contribution in [0.4, 0.5) is 5.13 Å². The van der Waals surface area contributed by atoms with Crippen molar-refractivity contribution in [3.8, 4) is 0 Å². The van der Waals surface area contributed by atoms with Crippen LogP contribution in [0.25, 0.3) is 11.1 Å². The molecule has 2 aromatic heterocycles. The van der Waals surface area contributed by atoms with Gasteiger partial charge >= 0.3 is 5.76 Å². The lowest BCUT2D eigenvalue weighted by Crippen LogP contribution is -2.23. The molecule has 0 bridgehead atoms. The lowest BCUT2D eigenvalue weighted by Gasteiger charge is -2.05. The summed E-state index contributed by atoms with van der Waals surface area (Å²) in [5.74, 6) is -0.546. The number of benzene rings is 1. The van der Waals surface area contributed by atoms with E-state index in [1.54, 1.807) is 12.4 Å². The van der Waals surface area contributed by atoms with Gasteiger partial charge in [-0.3, -0.25) is 4.57 Å². The highest BCUT2D eigenvalue weighted by Crippen LogP contribution is 2.18. The fourth-order valence-corrected chi connectivity index (χ4v) is 3.51. The fraction of sp³-hybridized carbons (Fsp3) is 0.167. The fourth-order valence-electron chi connectivity index (χ4n) is 1.94. The van der Waals surface area contributed by atoms with Crippen LogP contribution < -0.4 is 16.2 Å². The summed E-state index contributed by atoms with van der Waals surface area (Å²) >= 11 is 1.24. The Morgan fingerprint density at radius 3 is 2.91 bits per heavy atom. The molecule has 22 heavy (non-hydrogen) atoms. The number of hydrogen-bond donors (Lipinski definition) is 2. The highest BCUT2D eigenvalue weighted by molar-refractivity contribution is 7.89. The van der Waals surface area contributed by atoms with Crippen LogP contribution in [-0.4, -0.2) is 18.0 Å². The van der Waals surface area contributed by atoms with Crippen molar-refractivity contribution in [1.29, 1.82) is 0 Å². The Labute approximate surface area is 129 Å². The van der Waals surface area contributed by atoms with Gasteiger partial charge in [0.1, 0.15) is 0 Å². The maximum Gasteiger partial charge on any atom is 0.419 e. The van der Waals surface area contributed by atoms with Crippen LogP contribution in [0.5, 0.6) is 0 Å². The van der Waals surface area contributed by atoms with Crippen LogP contribution in [0.3, 0.4) is 0 Å². The quantitative estimate of drug-likeness (QED) is 0.719. The molecular formula is C12H12N4O4S2. The van der Waals surface area contributed by atoms with E-state index in [0.717, 1.165) is 0 Å². The summed E-state index contributed by atoms with van der Waals surface area (Å²) in [6.45, 7) is 0.0345. The van der Waals surface area contributed by atoms with Gasteiger partial charge in [-0.15, -0.1) is 11.3 Å². The van der Waals surface area contributed by atoms with Gasteiger partial charge in [0.15, 0.2) is 10.7 Å². The third-order valence-corrected chi connectivity index (χ3v) is 5.21. The number of fused-ring (bicyclic) bond motifs is 1. The van der Waals surface area contributed by atoms with E-state index in [-0.39, 0.29) is 17.0 Å². The molecule has 0 atom stereocenters. The third-order valence-electron chi connectivity index (χ3n) is 3.09. The van der Waals surface area contributed by atoms with Gasteiger partial charge in [-0.25, -0.2) is 22.9 Å². The molecule has 0 fully saturated rings. The normalized spacial score (nSPS) is 12.0. The maximum atomic E-state index is 12.3. The molecular weight excluding hydrogens is 328 g/mol. The van der Waals surface area contributed by atoms with Gasteiger partial charge in [0.2, 0.25) is 10.0 Å². The van der Waals surface area contributed by atoms with E-state index in [4.69, 9.17) is 10.2 Å². The molecule has 1 aromatic carbocycles. The summed E-state index contributed by atoms with van der Waals surface area (Å²) in [4.78, 5) is 15.4. The Morgan fingerprint density at radius 1 is 1.45 bits per heavy atom. The number of aromatic nitrogens is 2. The van der Waals surface area contributed by atoms with Gasteiger partial charge in [-0.05, 0) is 12.1 Å². The largest absolute Gasteiger partial charge is 0.419 e. The molecule has 10 heteroatoms. The highest BCUT2D eigenvalue weighted by Gasteiger charge is 2.17. The Morgan fingerprint density at radius 2 is 2.23 bits per heavy atom. The van der Waals surface area contributed by atoms with Crippen LogP contribution in [0.1, 0.15) is 5.69 Å². The molecule has 0 saturated carbocycles. The van der Waals surface area contributed by atoms with E-state index in [9.17, 15) is 13.2 Å². The molecule has 0 unspecified atom stereocenters. The van der Waals surface area contributed by atoms with Crippen LogP contribution >= 0.6 is 11.3 Å². The SMILES string of the molecule is Cn1c(=O)oc2cc(S(=O)(=O)NCc3csc(N)n3)ccc21. The molecule has 0 aliphatic heterocycles. The summed E-state index contributed by atoms with van der Waals surface area (Å²) in [6.07, 6.45) is 0. The zero-order chi connectivity index (χ0) is 15.9. The summed E-state index contributed by atoms with van der Waals surface area (Å²) in [7, 11) is -2.19. The number of nitrogen functional groups attached to an aromatic ring is 1. The number of nitrogens with zero attached hydrogens (tertiary/aromatic N) is 2. The first-order valence-corrected chi connectivity index (χ1v) is 8.52. The maximum absolute atomic E-state index is 12.3. The van der Waals surface area contributed by atoms with Crippen LogP contribution in [0.15, 0.2) is 37.7 Å². The summed E-state index contributed by atoms with van der Waals surface area (Å²) < 4.78 is 33.2. The zero-order valence-corrected chi connectivity index (χ0v) is 13.1. The van der Waals surface area contributed by atoms with E-state index in [1.807, 2.05) is 0 Å². The molecule has 3 aromatic rings. The lowest BCUT2D eigenvalue weighted by atomic mass is 10.3. The first-order valence-electron chi connectivity index (χ1n) is 6.16. The Bertz CT molecular complexity index is 1000. The number of nitrogens with two attached hydrogens (primary N) is 1. The molecule has 116 valence electrons. The van der Waals surface area contributed by atoms with Crippen molar-refractivity contribution < 1.29 is 12.8 Å². The molecule has 0 spiro atoms.